The lowest BCUT2D eigenvalue weighted by molar-refractivity contribution is -0.385. The van der Waals surface area contributed by atoms with Gasteiger partial charge in [0.15, 0.2) is 12.4 Å². The van der Waals surface area contributed by atoms with Gasteiger partial charge in [-0.2, -0.15) is 5.10 Å². The second kappa shape index (κ2) is 10.2. The maximum absolute atomic E-state index is 11.9. The smallest absolute Gasteiger partial charge is 0.310 e. The Morgan fingerprint density at radius 3 is 2.48 bits per heavy atom. The van der Waals surface area contributed by atoms with Crippen molar-refractivity contribution < 1.29 is 14.5 Å². The first-order valence-corrected chi connectivity index (χ1v) is 9.66. The number of nitro groups is 1. The predicted molar refractivity (Wildman–Crippen MR) is 111 cm³/mol. The summed E-state index contributed by atoms with van der Waals surface area (Å²) >= 11 is 0. The van der Waals surface area contributed by atoms with Crippen LogP contribution in [-0.4, -0.2) is 36.7 Å². The van der Waals surface area contributed by atoms with E-state index in [0.29, 0.717) is 0 Å². The predicted octanol–water partition coefficient (Wildman–Crippen LogP) is 3.50. The van der Waals surface area contributed by atoms with Crippen molar-refractivity contribution >= 4 is 23.5 Å². The number of anilines is 1. The number of carbonyl (C=O) groups is 1. The molecule has 1 N–H and O–H groups in total. The van der Waals surface area contributed by atoms with Gasteiger partial charge in [0.25, 0.3) is 5.91 Å². The molecule has 0 radical (unpaired) electrons. The summed E-state index contributed by atoms with van der Waals surface area (Å²) < 4.78 is 5.22. The van der Waals surface area contributed by atoms with E-state index < -0.39 is 10.8 Å². The average molecular weight is 396 g/mol. The lowest BCUT2D eigenvalue weighted by Gasteiger charge is -2.22. The number of amides is 1. The van der Waals surface area contributed by atoms with Gasteiger partial charge < -0.3 is 9.64 Å². The summed E-state index contributed by atoms with van der Waals surface area (Å²) in [6, 6.07) is 13.9. The zero-order chi connectivity index (χ0) is 20.5. The highest BCUT2D eigenvalue weighted by atomic mass is 16.6. The number of hydrogen-bond acceptors (Lipinski definition) is 6. The van der Waals surface area contributed by atoms with Crippen LogP contribution in [0.25, 0.3) is 0 Å². The molecule has 2 aromatic rings. The minimum atomic E-state index is -0.555. The molecule has 0 atom stereocenters. The van der Waals surface area contributed by atoms with Crippen molar-refractivity contribution in [2.75, 3.05) is 24.6 Å². The fourth-order valence-electron chi connectivity index (χ4n) is 3.18. The van der Waals surface area contributed by atoms with Crippen LogP contribution < -0.4 is 15.1 Å². The van der Waals surface area contributed by atoms with Crippen molar-refractivity contribution in [3.63, 3.8) is 0 Å². The van der Waals surface area contributed by atoms with E-state index in [4.69, 9.17) is 4.74 Å². The number of para-hydroxylation sites is 2. The van der Waals surface area contributed by atoms with Gasteiger partial charge in [0.2, 0.25) is 0 Å². The first kappa shape index (κ1) is 20.3. The van der Waals surface area contributed by atoms with E-state index in [1.165, 1.54) is 49.6 Å². The van der Waals surface area contributed by atoms with Gasteiger partial charge in [0, 0.05) is 24.8 Å². The van der Waals surface area contributed by atoms with Crippen molar-refractivity contribution in [1.82, 2.24) is 5.43 Å². The Hall–Kier alpha value is -3.42. The Kier molecular flexibility index (Phi) is 7.16. The fraction of sp³-hybridized carbons (Fsp3) is 0.333. The molecular weight excluding hydrogens is 372 g/mol. The molecule has 0 aliphatic carbocycles. The molecule has 1 aliphatic heterocycles. The fourth-order valence-corrected chi connectivity index (χ4v) is 3.18. The normalized spacial score (nSPS) is 14.4. The van der Waals surface area contributed by atoms with Gasteiger partial charge in [-0.25, -0.2) is 5.43 Å². The summed E-state index contributed by atoms with van der Waals surface area (Å²) in [6.45, 7) is 1.81. The third-order valence-corrected chi connectivity index (χ3v) is 4.69. The van der Waals surface area contributed by atoms with Crippen LogP contribution in [0.2, 0.25) is 0 Å². The summed E-state index contributed by atoms with van der Waals surface area (Å²) in [5.74, 6) is -0.457. The molecule has 8 heteroatoms. The van der Waals surface area contributed by atoms with Crippen LogP contribution in [0.4, 0.5) is 11.4 Å². The minimum absolute atomic E-state index is 0.0423. The summed E-state index contributed by atoms with van der Waals surface area (Å²) in [4.78, 5) is 24.6. The molecule has 2 aromatic carbocycles. The monoisotopic (exact) mass is 396 g/mol. The summed E-state index contributed by atoms with van der Waals surface area (Å²) in [6.07, 6.45) is 6.59. The second-order valence-electron chi connectivity index (χ2n) is 6.80. The first-order valence-electron chi connectivity index (χ1n) is 9.66. The molecule has 152 valence electrons. The average Bonchev–Trinajstić information content (AvgIpc) is 3.02. The van der Waals surface area contributed by atoms with E-state index in [0.717, 1.165) is 18.7 Å². The molecule has 0 aromatic heterocycles. The van der Waals surface area contributed by atoms with E-state index in [-0.39, 0.29) is 18.0 Å². The van der Waals surface area contributed by atoms with Crippen molar-refractivity contribution in [2.24, 2.45) is 5.10 Å². The number of nitrogens with zero attached hydrogens (tertiary/aromatic N) is 3. The topological polar surface area (TPSA) is 97.1 Å². The number of hydrazone groups is 1. The summed E-state index contributed by atoms with van der Waals surface area (Å²) in [7, 11) is 0. The van der Waals surface area contributed by atoms with Crippen LogP contribution in [0.5, 0.6) is 5.75 Å². The van der Waals surface area contributed by atoms with Gasteiger partial charge in [0.1, 0.15) is 0 Å². The number of ether oxygens (including phenoxy) is 1. The van der Waals surface area contributed by atoms with Gasteiger partial charge in [-0.15, -0.1) is 0 Å². The van der Waals surface area contributed by atoms with E-state index in [1.807, 2.05) is 12.1 Å². The molecule has 1 saturated heterocycles. The molecule has 0 saturated carbocycles. The Bertz CT molecular complexity index is 859. The van der Waals surface area contributed by atoms with Crippen LogP contribution in [0.15, 0.2) is 53.6 Å². The lowest BCUT2D eigenvalue weighted by Crippen LogP contribution is -2.24. The Morgan fingerprint density at radius 1 is 1.10 bits per heavy atom. The van der Waals surface area contributed by atoms with Crippen LogP contribution in [-0.2, 0) is 4.79 Å². The third kappa shape index (κ3) is 6.03. The highest BCUT2D eigenvalue weighted by Gasteiger charge is 2.14. The van der Waals surface area contributed by atoms with E-state index in [2.05, 4.69) is 27.6 Å². The molecular formula is C21H24N4O4. The molecule has 1 heterocycles. The SMILES string of the molecule is O=C(COc1ccccc1[N+](=O)[O-])N/N=C\c1ccc(N2CCCCCC2)cc1. The first-order chi connectivity index (χ1) is 14.1. The highest BCUT2D eigenvalue weighted by Crippen LogP contribution is 2.25. The highest BCUT2D eigenvalue weighted by molar-refractivity contribution is 5.83. The number of rotatable bonds is 7. The van der Waals surface area contributed by atoms with Crippen LogP contribution >= 0.6 is 0 Å². The van der Waals surface area contributed by atoms with Gasteiger partial charge in [-0.1, -0.05) is 37.1 Å². The minimum Gasteiger partial charge on any atom is -0.477 e. The molecule has 8 nitrogen and oxygen atoms in total. The van der Waals surface area contributed by atoms with Gasteiger partial charge in [-0.3, -0.25) is 14.9 Å². The molecule has 1 aliphatic rings. The third-order valence-electron chi connectivity index (χ3n) is 4.69. The van der Waals surface area contributed by atoms with Gasteiger partial charge in [-0.05, 0) is 36.6 Å². The quantitative estimate of drug-likeness (QED) is 0.439. The number of nitro benzene ring substituents is 1. The molecule has 29 heavy (non-hydrogen) atoms. The van der Waals surface area contributed by atoms with Gasteiger partial charge in [0.05, 0.1) is 11.1 Å². The second-order valence-corrected chi connectivity index (χ2v) is 6.80. The molecule has 0 spiro atoms. The van der Waals surface area contributed by atoms with E-state index >= 15 is 0 Å². The molecule has 3 rings (SSSR count). The maximum Gasteiger partial charge on any atom is 0.310 e. The molecule has 0 bridgehead atoms. The number of benzene rings is 2. The number of hydrogen-bond donors (Lipinski definition) is 1. The Labute approximate surface area is 169 Å². The zero-order valence-corrected chi connectivity index (χ0v) is 16.1. The number of carbonyl (C=O) groups excluding carboxylic acids is 1. The van der Waals surface area contributed by atoms with E-state index in [9.17, 15) is 14.9 Å². The van der Waals surface area contributed by atoms with Crippen LogP contribution in [0, 0.1) is 10.1 Å². The zero-order valence-electron chi connectivity index (χ0n) is 16.1. The van der Waals surface area contributed by atoms with Crippen molar-refractivity contribution in [1.29, 1.82) is 0 Å². The Morgan fingerprint density at radius 2 is 1.79 bits per heavy atom. The molecule has 0 unspecified atom stereocenters. The Balaban J connectivity index is 1.48. The van der Waals surface area contributed by atoms with Crippen molar-refractivity contribution in [2.45, 2.75) is 25.7 Å². The van der Waals surface area contributed by atoms with Crippen LogP contribution in [0.3, 0.4) is 0 Å². The summed E-state index contributed by atoms with van der Waals surface area (Å²) in [5.41, 5.74) is 4.24. The summed E-state index contributed by atoms with van der Waals surface area (Å²) in [5, 5.41) is 14.9. The van der Waals surface area contributed by atoms with Crippen LogP contribution in [0.1, 0.15) is 31.2 Å². The maximum atomic E-state index is 11.9. The standard InChI is InChI=1S/C21H24N4O4/c26-21(16-29-20-8-4-3-7-19(20)25(27)28)23-22-15-17-9-11-18(12-10-17)24-13-5-1-2-6-14-24/h3-4,7-12,15H,1-2,5-6,13-14,16H2,(H,23,26)/b22-15-. The number of nitrogens with one attached hydrogen (secondary N) is 1. The van der Waals surface area contributed by atoms with Crippen molar-refractivity contribution in [3.05, 3.63) is 64.2 Å². The largest absolute Gasteiger partial charge is 0.477 e. The lowest BCUT2D eigenvalue weighted by atomic mass is 10.2. The molecule has 1 amide bonds. The molecule has 1 fully saturated rings. The van der Waals surface area contributed by atoms with Gasteiger partial charge >= 0.3 is 5.69 Å². The van der Waals surface area contributed by atoms with E-state index in [1.54, 1.807) is 12.3 Å². The van der Waals surface area contributed by atoms with Crippen molar-refractivity contribution in [3.8, 4) is 5.75 Å².